The van der Waals surface area contributed by atoms with Crippen molar-refractivity contribution < 1.29 is 28.6 Å². The van der Waals surface area contributed by atoms with Crippen LogP contribution in [-0.2, 0) is 33.9 Å². The summed E-state index contributed by atoms with van der Waals surface area (Å²) in [4.78, 5) is 28.9. The van der Waals surface area contributed by atoms with E-state index in [1.165, 1.54) is 6.92 Å². The normalized spacial score (nSPS) is 20.7. The Morgan fingerprint density at radius 3 is 2.54 bits per heavy atom. The molecule has 4 rings (SSSR count). The summed E-state index contributed by atoms with van der Waals surface area (Å²) in [6.45, 7) is 12.7. The fraction of sp³-hybridized carbons (Fsp3) is 0.556. The third kappa shape index (κ3) is 5.17. The molecular weight excluding hydrogens is 448 g/mol. The number of phenolic OH excluding ortho intramolecular Hbond substituents is 1. The summed E-state index contributed by atoms with van der Waals surface area (Å²) in [5, 5.41) is 10.4. The molecule has 0 saturated carbocycles. The highest BCUT2D eigenvalue weighted by Gasteiger charge is 2.43. The molecule has 190 valence electrons. The zero-order valence-corrected chi connectivity index (χ0v) is 21.4. The Labute approximate surface area is 206 Å². The number of furan rings is 1. The van der Waals surface area contributed by atoms with Gasteiger partial charge in [0.25, 0.3) is 5.91 Å². The molecule has 0 radical (unpaired) electrons. The fourth-order valence-corrected chi connectivity index (χ4v) is 5.04. The van der Waals surface area contributed by atoms with Gasteiger partial charge >= 0.3 is 5.97 Å². The van der Waals surface area contributed by atoms with Crippen LogP contribution >= 0.6 is 0 Å². The Morgan fingerprint density at radius 2 is 1.80 bits per heavy atom. The Hall–Kier alpha value is -3.00. The van der Waals surface area contributed by atoms with Gasteiger partial charge in [0.05, 0.1) is 6.54 Å². The Balaban J connectivity index is 1.39. The minimum atomic E-state index is -0.921. The SMILES string of the molecule is CC(=O)OCc1ccc(CN2CCCN(C(=O)C3(C)CCc4c(C)c(O)c(C)c(C)c4O3)CC2)o1. The zero-order chi connectivity index (χ0) is 25.3. The lowest BCUT2D eigenvalue weighted by Gasteiger charge is -2.39. The minimum absolute atomic E-state index is 0.0226. The maximum absolute atomic E-state index is 13.7. The zero-order valence-electron chi connectivity index (χ0n) is 21.4. The number of hydrogen-bond acceptors (Lipinski definition) is 7. The van der Waals surface area contributed by atoms with Gasteiger partial charge in [-0.2, -0.15) is 0 Å². The molecule has 2 aliphatic rings. The van der Waals surface area contributed by atoms with E-state index in [-0.39, 0.29) is 18.5 Å². The highest BCUT2D eigenvalue weighted by atomic mass is 16.5. The lowest BCUT2D eigenvalue weighted by molar-refractivity contribution is -0.148. The minimum Gasteiger partial charge on any atom is -0.507 e. The largest absolute Gasteiger partial charge is 0.507 e. The summed E-state index contributed by atoms with van der Waals surface area (Å²) in [5.41, 5.74) is 2.63. The van der Waals surface area contributed by atoms with Crippen LogP contribution in [0, 0.1) is 20.8 Å². The molecule has 1 atom stereocenters. The number of rotatable bonds is 5. The molecule has 1 fully saturated rings. The predicted molar refractivity (Wildman–Crippen MR) is 130 cm³/mol. The Morgan fingerprint density at radius 1 is 1.06 bits per heavy atom. The highest BCUT2D eigenvalue weighted by molar-refractivity contribution is 5.86. The van der Waals surface area contributed by atoms with Crippen molar-refractivity contribution >= 4 is 11.9 Å². The van der Waals surface area contributed by atoms with Gasteiger partial charge in [-0.05, 0) is 69.4 Å². The molecule has 1 unspecified atom stereocenters. The summed E-state index contributed by atoms with van der Waals surface area (Å²) in [6.07, 6.45) is 2.15. The monoisotopic (exact) mass is 484 g/mol. The first kappa shape index (κ1) is 25.1. The Bertz CT molecular complexity index is 1120. The van der Waals surface area contributed by atoms with Gasteiger partial charge in [0.2, 0.25) is 0 Å². The van der Waals surface area contributed by atoms with Gasteiger partial charge in [-0.3, -0.25) is 14.5 Å². The molecule has 2 aliphatic heterocycles. The first-order chi connectivity index (χ1) is 16.6. The number of esters is 1. The van der Waals surface area contributed by atoms with Gasteiger partial charge in [-0.25, -0.2) is 0 Å². The van der Waals surface area contributed by atoms with Gasteiger partial charge < -0.3 is 23.9 Å². The number of ether oxygens (including phenoxy) is 2. The lowest BCUT2D eigenvalue weighted by atomic mass is 9.86. The van der Waals surface area contributed by atoms with Crippen molar-refractivity contribution in [3.05, 3.63) is 45.9 Å². The van der Waals surface area contributed by atoms with Crippen molar-refractivity contribution in [3.8, 4) is 11.5 Å². The predicted octanol–water partition coefficient (Wildman–Crippen LogP) is 3.79. The number of aromatic hydroxyl groups is 1. The van der Waals surface area contributed by atoms with E-state index in [2.05, 4.69) is 4.90 Å². The van der Waals surface area contributed by atoms with E-state index >= 15 is 0 Å². The molecule has 1 N–H and O–H groups in total. The molecule has 1 amide bonds. The average molecular weight is 485 g/mol. The second kappa shape index (κ2) is 9.93. The summed E-state index contributed by atoms with van der Waals surface area (Å²) < 4.78 is 17.2. The van der Waals surface area contributed by atoms with Crippen LogP contribution in [0.1, 0.15) is 60.5 Å². The molecule has 8 heteroatoms. The quantitative estimate of drug-likeness (QED) is 0.646. The van der Waals surface area contributed by atoms with Gasteiger partial charge in [0.1, 0.15) is 29.6 Å². The van der Waals surface area contributed by atoms with Crippen molar-refractivity contribution in [1.29, 1.82) is 0 Å². The lowest BCUT2D eigenvalue weighted by Crippen LogP contribution is -2.53. The van der Waals surface area contributed by atoms with E-state index in [1.807, 2.05) is 44.7 Å². The number of carbonyl (C=O) groups excluding carboxylic acids is 2. The number of hydrogen-bond donors (Lipinski definition) is 1. The maximum atomic E-state index is 13.7. The van der Waals surface area contributed by atoms with E-state index in [9.17, 15) is 14.7 Å². The van der Waals surface area contributed by atoms with E-state index < -0.39 is 5.60 Å². The number of fused-ring (bicyclic) bond motifs is 1. The first-order valence-electron chi connectivity index (χ1n) is 12.3. The van der Waals surface area contributed by atoms with Crippen molar-refractivity contribution in [1.82, 2.24) is 9.80 Å². The highest BCUT2D eigenvalue weighted by Crippen LogP contribution is 2.43. The van der Waals surface area contributed by atoms with Crippen molar-refractivity contribution in [2.45, 2.75) is 72.6 Å². The average Bonchev–Trinajstić information content (AvgIpc) is 3.15. The van der Waals surface area contributed by atoms with Gasteiger partial charge in [-0.1, -0.05) is 0 Å². The molecule has 1 aromatic carbocycles. The molecule has 2 aromatic rings. The van der Waals surface area contributed by atoms with Crippen LogP contribution in [-0.4, -0.2) is 58.6 Å². The van der Waals surface area contributed by atoms with E-state index in [4.69, 9.17) is 13.9 Å². The van der Waals surface area contributed by atoms with Crippen LogP contribution < -0.4 is 4.74 Å². The standard InChI is InChI=1S/C27H36N2O6/c1-17-18(2)25-23(19(3)24(17)31)9-10-27(5,35-25)26(32)29-12-6-11-28(13-14-29)15-21-7-8-22(34-21)16-33-20(4)30/h7-8,31H,6,9-16H2,1-5H3. The second-order valence-corrected chi connectivity index (χ2v) is 9.93. The number of phenols is 1. The van der Waals surface area contributed by atoms with E-state index in [0.29, 0.717) is 44.0 Å². The number of benzene rings is 1. The van der Waals surface area contributed by atoms with E-state index in [0.717, 1.165) is 53.3 Å². The summed E-state index contributed by atoms with van der Waals surface area (Å²) >= 11 is 0. The van der Waals surface area contributed by atoms with Crippen molar-refractivity contribution in [2.75, 3.05) is 26.2 Å². The van der Waals surface area contributed by atoms with Crippen molar-refractivity contribution in [2.24, 2.45) is 0 Å². The molecule has 35 heavy (non-hydrogen) atoms. The number of nitrogens with zero attached hydrogens (tertiary/aromatic N) is 2. The van der Waals surface area contributed by atoms with Crippen LogP contribution in [0.15, 0.2) is 16.5 Å². The third-order valence-corrected chi connectivity index (χ3v) is 7.36. The fourth-order valence-electron chi connectivity index (χ4n) is 5.04. The molecular formula is C27H36N2O6. The summed E-state index contributed by atoms with van der Waals surface area (Å²) in [6, 6.07) is 3.74. The van der Waals surface area contributed by atoms with Crippen LogP contribution in [0.3, 0.4) is 0 Å². The van der Waals surface area contributed by atoms with Gasteiger partial charge in [0.15, 0.2) is 5.60 Å². The molecule has 1 saturated heterocycles. The van der Waals surface area contributed by atoms with Crippen LogP contribution in [0.25, 0.3) is 0 Å². The smallest absolute Gasteiger partial charge is 0.303 e. The second-order valence-electron chi connectivity index (χ2n) is 9.93. The molecule has 0 aliphatic carbocycles. The van der Waals surface area contributed by atoms with Crippen LogP contribution in [0.2, 0.25) is 0 Å². The van der Waals surface area contributed by atoms with E-state index in [1.54, 1.807) is 0 Å². The maximum Gasteiger partial charge on any atom is 0.303 e. The van der Waals surface area contributed by atoms with Gasteiger partial charge in [0, 0.05) is 45.1 Å². The van der Waals surface area contributed by atoms with Gasteiger partial charge in [-0.15, -0.1) is 0 Å². The van der Waals surface area contributed by atoms with Crippen molar-refractivity contribution in [3.63, 3.8) is 0 Å². The molecule has 1 aromatic heterocycles. The Kier molecular flexibility index (Phi) is 7.12. The number of amides is 1. The van der Waals surface area contributed by atoms with Crippen LogP contribution in [0.5, 0.6) is 11.5 Å². The summed E-state index contributed by atoms with van der Waals surface area (Å²) in [7, 11) is 0. The topological polar surface area (TPSA) is 92.5 Å². The molecule has 0 spiro atoms. The molecule has 3 heterocycles. The van der Waals surface area contributed by atoms with Crippen LogP contribution in [0.4, 0.5) is 0 Å². The molecule has 8 nitrogen and oxygen atoms in total. The summed E-state index contributed by atoms with van der Waals surface area (Å²) in [5.74, 6) is 2.20. The first-order valence-corrected chi connectivity index (χ1v) is 12.3. The third-order valence-electron chi connectivity index (χ3n) is 7.36. The number of carbonyl (C=O) groups is 2. The molecule has 0 bridgehead atoms.